The van der Waals surface area contributed by atoms with E-state index < -0.39 is 10.0 Å². The molecular weight excluding hydrogens is 388 g/mol. The first-order valence-corrected chi connectivity index (χ1v) is 11.5. The van der Waals surface area contributed by atoms with Crippen LogP contribution in [-0.4, -0.2) is 30.5 Å². The van der Waals surface area contributed by atoms with E-state index >= 15 is 0 Å². The second-order valence-electron chi connectivity index (χ2n) is 7.28. The largest absolute Gasteiger partial charge is 0.346 e. The average Bonchev–Trinajstić information content (AvgIpc) is 3.10. The number of carbonyl (C=O) groups is 1. The maximum atomic E-state index is 12.8. The van der Waals surface area contributed by atoms with E-state index in [2.05, 4.69) is 33.9 Å². The molecule has 1 heterocycles. The predicted octanol–water partition coefficient (Wildman–Crippen LogP) is 3.38. The van der Waals surface area contributed by atoms with Crippen molar-refractivity contribution in [1.29, 1.82) is 0 Å². The van der Waals surface area contributed by atoms with Crippen LogP contribution in [0.5, 0.6) is 0 Å². The Hall–Kier alpha value is -2.87. The summed E-state index contributed by atoms with van der Waals surface area (Å²) in [5.41, 5.74) is 2.80. The Morgan fingerprint density at radius 1 is 1.14 bits per heavy atom. The number of aromatic nitrogens is 2. The van der Waals surface area contributed by atoms with Crippen molar-refractivity contribution in [1.82, 2.24) is 15.3 Å². The highest BCUT2D eigenvalue weighted by atomic mass is 32.2. The summed E-state index contributed by atoms with van der Waals surface area (Å²) in [5, 5.41) is 3.07. The molecule has 0 spiro atoms. The van der Waals surface area contributed by atoms with Crippen LogP contribution >= 0.6 is 0 Å². The van der Waals surface area contributed by atoms with E-state index in [0.717, 1.165) is 29.5 Å². The number of imidazole rings is 1. The molecule has 154 valence electrons. The van der Waals surface area contributed by atoms with Crippen LogP contribution in [0.3, 0.4) is 0 Å². The summed E-state index contributed by atoms with van der Waals surface area (Å²) in [5.74, 6) is 0.693. The molecule has 8 heteroatoms. The van der Waals surface area contributed by atoms with Gasteiger partial charge in [0.1, 0.15) is 5.82 Å². The van der Waals surface area contributed by atoms with Crippen LogP contribution in [0.25, 0.3) is 11.0 Å². The lowest BCUT2D eigenvalue weighted by molar-refractivity contribution is -0.121. The van der Waals surface area contributed by atoms with Gasteiger partial charge < -0.3 is 10.3 Å². The van der Waals surface area contributed by atoms with Crippen LogP contribution in [0.15, 0.2) is 48.5 Å². The number of carbonyl (C=O) groups excluding carboxylic acids is 1. The van der Waals surface area contributed by atoms with E-state index in [-0.39, 0.29) is 24.3 Å². The zero-order valence-corrected chi connectivity index (χ0v) is 17.6. The number of amides is 1. The van der Waals surface area contributed by atoms with Gasteiger partial charge in [-0.25, -0.2) is 13.4 Å². The van der Waals surface area contributed by atoms with Gasteiger partial charge in [0.2, 0.25) is 15.9 Å². The summed E-state index contributed by atoms with van der Waals surface area (Å²) >= 11 is 0. The minimum absolute atomic E-state index is 0.0614. The first-order valence-electron chi connectivity index (χ1n) is 9.56. The van der Waals surface area contributed by atoms with E-state index in [9.17, 15) is 13.2 Å². The molecular formula is C21H26N4O3S. The molecule has 2 atom stereocenters. The monoisotopic (exact) mass is 414 g/mol. The van der Waals surface area contributed by atoms with Gasteiger partial charge in [0.05, 0.1) is 35.4 Å². The van der Waals surface area contributed by atoms with Gasteiger partial charge in [0.25, 0.3) is 0 Å². The fourth-order valence-electron chi connectivity index (χ4n) is 3.21. The van der Waals surface area contributed by atoms with Crippen molar-refractivity contribution in [3.05, 3.63) is 59.9 Å². The molecule has 0 aliphatic rings. The van der Waals surface area contributed by atoms with Crippen LogP contribution < -0.4 is 10.0 Å². The lowest BCUT2D eigenvalue weighted by Crippen LogP contribution is -2.34. The molecule has 0 saturated carbocycles. The predicted molar refractivity (Wildman–Crippen MR) is 115 cm³/mol. The quantitative estimate of drug-likeness (QED) is 0.526. The molecule has 3 N–H and O–H groups in total. The van der Waals surface area contributed by atoms with Crippen molar-refractivity contribution in [3.8, 4) is 0 Å². The molecule has 1 amide bonds. The van der Waals surface area contributed by atoms with Gasteiger partial charge in [-0.1, -0.05) is 50.6 Å². The number of rotatable bonds is 8. The van der Waals surface area contributed by atoms with Gasteiger partial charge in [0.15, 0.2) is 0 Å². The number of nitrogens with one attached hydrogen (secondary N) is 3. The Morgan fingerprint density at radius 2 is 1.83 bits per heavy atom. The van der Waals surface area contributed by atoms with Crippen molar-refractivity contribution in [2.45, 2.75) is 32.7 Å². The van der Waals surface area contributed by atoms with Gasteiger partial charge in [-0.3, -0.25) is 9.52 Å². The molecule has 3 rings (SSSR count). The third-order valence-electron chi connectivity index (χ3n) is 4.90. The molecule has 29 heavy (non-hydrogen) atoms. The number of H-pyrrole nitrogens is 1. The Labute approximate surface area is 171 Å². The number of para-hydroxylation sites is 3. The smallest absolute Gasteiger partial charge is 0.229 e. The van der Waals surface area contributed by atoms with Crippen LogP contribution in [-0.2, 0) is 21.2 Å². The van der Waals surface area contributed by atoms with E-state index in [1.54, 1.807) is 24.3 Å². The highest BCUT2D eigenvalue weighted by Crippen LogP contribution is 2.25. The second kappa shape index (κ2) is 8.65. The van der Waals surface area contributed by atoms with Crippen molar-refractivity contribution < 1.29 is 13.2 Å². The molecule has 1 aromatic heterocycles. The average molecular weight is 415 g/mol. The number of nitrogens with zero attached hydrogens (tertiary/aromatic N) is 1. The summed E-state index contributed by atoms with van der Waals surface area (Å²) in [6, 6.07) is 14.4. The Balaban J connectivity index is 1.81. The summed E-state index contributed by atoms with van der Waals surface area (Å²) < 4.78 is 25.6. The lowest BCUT2D eigenvalue weighted by Gasteiger charge is -2.23. The Bertz CT molecular complexity index is 1070. The summed E-state index contributed by atoms with van der Waals surface area (Å²) in [7, 11) is -3.43. The molecule has 3 aromatic rings. The summed E-state index contributed by atoms with van der Waals surface area (Å²) in [4.78, 5) is 20.8. The first kappa shape index (κ1) is 20.9. The maximum Gasteiger partial charge on any atom is 0.229 e. The van der Waals surface area contributed by atoms with Crippen molar-refractivity contribution in [2.75, 3.05) is 11.0 Å². The SMILES string of the molecule is CCC(C)C(NC(=O)Cc1ccccc1NS(C)(=O)=O)c1nc2ccccc2[nH]1. The van der Waals surface area contributed by atoms with Gasteiger partial charge in [0, 0.05) is 0 Å². The van der Waals surface area contributed by atoms with Gasteiger partial charge in [-0.05, 0) is 29.7 Å². The van der Waals surface area contributed by atoms with Gasteiger partial charge in [-0.15, -0.1) is 0 Å². The van der Waals surface area contributed by atoms with E-state index in [0.29, 0.717) is 11.3 Å². The fourth-order valence-corrected chi connectivity index (χ4v) is 3.81. The number of hydrogen-bond donors (Lipinski definition) is 3. The molecule has 0 bridgehead atoms. The zero-order valence-electron chi connectivity index (χ0n) is 16.8. The highest BCUT2D eigenvalue weighted by Gasteiger charge is 2.24. The summed E-state index contributed by atoms with van der Waals surface area (Å²) in [6.07, 6.45) is 2.02. The van der Waals surface area contributed by atoms with Gasteiger partial charge in [-0.2, -0.15) is 0 Å². The van der Waals surface area contributed by atoms with Crippen LogP contribution in [0.2, 0.25) is 0 Å². The second-order valence-corrected chi connectivity index (χ2v) is 9.03. The van der Waals surface area contributed by atoms with E-state index in [1.165, 1.54) is 0 Å². The first-order chi connectivity index (χ1) is 13.8. The molecule has 0 aliphatic carbocycles. The summed E-state index contributed by atoms with van der Waals surface area (Å²) in [6.45, 7) is 4.13. The van der Waals surface area contributed by atoms with E-state index in [4.69, 9.17) is 0 Å². The van der Waals surface area contributed by atoms with Crippen LogP contribution in [0.4, 0.5) is 5.69 Å². The van der Waals surface area contributed by atoms with Crippen molar-refractivity contribution >= 4 is 32.7 Å². The maximum absolute atomic E-state index is 12.8. The highest BCUT2D eigenvalue weighted by molar-refractivity contribution is 7.92. The Kier molecular flexibility index (Phi) is 6.22. The Morgan fingerprint density at radius 3 is 2.52 bits per heavy atom. The number of hydrogen-bond acceptors (Lipinski definition) is 4. The van der Waals surface area contributed by atoms with Crippen LogP contribution in [0, 0.1) is 5.92 Å². The zero-order chi connectivity index (χ0) is 21.0. The third-order valence-corrected chi connectivity index (χ3v) is 5.49. The minimum Gasteiger partial charge on any atom is -0.346 e. The molecule has 0 saturated heterocycles. The number of fused-ring (bicyclic) bond motifs is 1. The van der Waals surface area contributed by atoms with Crippen LogP contribution in [0.1, 0.15) is 37.7 Å². The molecule has 7 nitrogen and oxygen atoms in total. The van der Waals surface area contributed by atoms with Crippen molar-refractivity contribution in [3.63, 3.8) is 0 Å². The number of sulfonamides is 1. The number of anilines is 1. The third kappa shape index (κ3) is 5.35. The number of benzene rings is 2. The fraction of sp³-hybridized carbons (Fsp3) is 0.333. The minimum atomic E-state index is -3.43. The van der Waals surface area contributed by atoms with Crippen molar-refractivity contribution in [2.24, 2.45) is 5.92 Å². The molecule has 0 radical (unpaired) electrons. The normalized spacial score (nSPS) is 13.8. The topological polar surface area (TPSA) is 104 Å². The van der Waals surface area contributed by atoms with E-state index in [1.807, 2.05) is 24.3 Å². The molecule has 2 unspecified atom stereocenters. The molecule has 0 aliphatic heterocycles. The van der Waals surface area contributed by atoms with Gasteiger partial charge >= 0.3 is 0 Å². The molecule has 0 fully saturated rings. The lowest BCUT2D eigenvalue weighted by atomic mass is 9.98. The standard InChI is InChI=1S/C21H26N4O3S/c1-4-14(2)20(21-22-17-11-7-8-12-18(17)23-21)24-19(26)13-15-9-5-6-10-16(15)25-29(3,27)28/h5-12,14,20,25H,4,13H2,1-3H3,(H,22,23)(H,24,26). The molecule has 2 aromatic carbocycles. The number of aromatic amines is 1.